The molecule has 1 N–H and O–H groups in total. The second-order valence-corrected chi connectivity index (χ2v) is 5.91. The smallest absolute Gasteiger partial charge is 0.223 e. The number of hydrogen-bond acceptors (Lipinski definition) is 4. The Hall–Kier alpha value is -0.620. The normalized spacial score (nSPS) is 11.4. The Morgan fingerprint density at radius 1 is 1.40 bits per heavy atom. The fraction of sp³-hybridized carbons (Fsp3) is 0.889. The highest BCUT2D eigenvalue weighted by atomic mass is 32.2. The van der Waals surface area contributed by atoms with Crippen LogP contribution in [-0.2, 0) is 14.6 Å². The number of carbonyl (C=O) groups is 1. The largest absolute Gasteiger partial charge is 0.346 e. The van der Waals surface area contributed by atoms with Gasteiger partial charge < -0.3 is 10.2 Å². The van der Waals surface area contributed by atoms with Crippen LogP contribution in [0.4, 0.5) is 0 Å². The maximum atomic E-state index is 11.4. The van der Waals surface area contributed by atoms with Gasteiger partial charge in [0.1, 0.15) is 9.84 Å². The van der Waals surface area contributed by atoms with E-state index in [9.17, 15) is 13.2 Å². The van der Waals surface area contributed by atoms with Crippen molar-refractivity contribution in [2.24, 2.45) is 0 Å². The molecule has 1 amide bonds. The molecular weight excluding hydrogens is 216 g/mol. The highest BCUT2D eigenvalue weighted by Gasteiger charge is 2.11. The molecule has 0 saturated heterocycles. The van der Waals surface area contributed by atoms with E-state index in [1.807, 2.05) is 7.05 Å². The van der Waals surface area contributed by atoms with E-state index in [0.29, 0.717) is 6.54 Å². The fourth-order valence-corrected chi connectivity index (χ4v) is 1.63. The van der Waals surface area contributed by atoms with Crippen LogP contribution in [0.15, 0.2) is 0 Å². The number of hydrogen-bond donors (Lipinski definition) is 1. The second kappa shape index (κ2) is 6.79. The van der Waals surface area contributed by atoms with Crippen LogP contribution in [0.5, 0.6) is 0 Å². The Kier molecular flexibility index (Phi) is 6.51. The van der Waals surface area contributed by atoms with E-state index in [1.54, 1.807) is 11.9 Å². The Labute approximate surface area is 91.8 Å². The molecule has 0 aliphatic heterocycles. The number of nitrogens with zero attached hydrogens (tertiary/aromatic N) is 1. The van der Waals surface area contributed by atoms with Crippen LogP contribution in [0.3, 0.4) is 0 Å². The summed E-state index contributed by atoms with van der Waals surface area (Å²) in [6, 6.07) is 0. The summed E-state index contributed by atoms with van der Waals surface area (Å²) in [6.07, 6.45) is 2.09. The van der Waals surface area contributed by atoms with Gasteiger partial charge in [-0.3, -0.25) is 4.79 Å². The quantitative estimate of drug-likeness (QED) is 0.605. The monoisotopic (exact) mass is 236 g/mol. The third kappa shape index (κ3) is 8.38. The van der Waals surface area contributed by atoms with Crippen LogP contribution < -0.4 is 5.32 Å². The number of rotatable bonds is 7. The van der Waals surface area contributed by atoms with E-state index >= 15 is 0 Å². The SMILES string of the molecule is CNCCCN(C)C(=O)CCS(C)(=O)=O. The van der Waals surface area contributed by atoms with Gasteiger partial charge >= 0.3 is 0 Å². The van der Waals surface area contributed by atoms with Crippen molar-refractivity contribution in [3.05, 3.63) is 0 Å². The van der Waals surface area contributed by atoms with E-state index < -0.39 is 9.84 Å². The van der Waals surface area contributed by atoms with Crippen molar-refractivity contribution in [3.63, 3.8) is 0 Å². The summed E-state index contributed by atoms with van der Waals surface area (Å²) in [5.41, 5.74) is 0. The maximum absolute atomic E-state index is 11.4. The van der Waals surface area contributed by atoms with Crippen molar-refractivity contribution in [2.75, 3.05) is 39.2 Å². The third-order valence-electron chi connectivity index (χ3n) is 2.03. The predicted octanol–water partition coefficient (Wildman–Crippen LogP) is -0.511. The summed E-state index contributed by atoms with van der Waals surface area (Å²) in [7, 11) is 0.510. The average molecular weight is 236 g/mol. The third-order valence-corrected chi connectivity index (χ3v) is 2.98. The first-order chi connectivity index (χ1) is 6.87. The van der Waals surface area contributed by atoms with Crippen molar-refractivity contribution >= 4 is 15.7 Å². The summed E-state index contributed by atoms with van der Waals surface area (Å²) < 4.78 is 21.7. The van der Waals surface area contributed by atoms with Gasteiger partial charge in [-0.05, 0) is 20.0 Å². The van der Waals surface area contributed by atoms with E-state index in [0.717, 1.165) is 19.2 Å². The minimum absolute atomic E-state index is 0.0673. The second-order valence-electron chi connectivity index (χ2n) is 3.65. The summed E-state index contributed by atoms with van der Waals surface area (Å²) in [6.45, 7) is 1.51. The number of carbonyl (C=O) groups excluding carboxylic acids is 1. The van der Waals surface area contributed by atoms with Gasteiger partial charge in [0, 0.05) is 26.3 Å². The van der Waals surface area contributed by atoms with Crippen molar-refractivity contribution in [3.8, 4) is 0 Å². The Morgan fingerprint density at radius 3 is 2.47 bits per heavy atom. The zero-order valence-electron chi connectivity index (χ0n) is 9.62. The number of amides is 1. The molecule has 90 valence electrons. The molecule has 0 aromatic heterocycles. The molecule has 0 bridgehead atoms. The lowest BCUT2D eigenvalue weighted by Crippen LogP contribution is -2.30. The summed E-state index contributed by atoms with van der Waals surface area (Å²) in [5, 5.41) is 2.98. The van der Waals surface area contributed by atoms with Crippen molar-refractivity contribution in [1.82, 2.24) is 10.2 Å². The molecule has 0 spiro atoms. The molecule has 0 atom stereocenters. The van der Waals surface area contributed by atoms with E-state index in [1.165, 1.54) is 0 Å². The minimum atomic E-state index is -3.04. The van der Waals surface area contributed by atoms with Crippen LogP contribution >= 0.6 is 0 Å². The molecule has 0 fully saturated rings. The number of sulfone groups is 1. The molecular formula is C9H20N2O3S. The maximum Gasteiger partial charge on any atom is 0.223 e. The minimum Gasteiger partial charge on any atom is -0.346 e. The molecule has 0 aliphatic rings. The van der Waals surface area contributed by atoms with Gasteiger partial charge in [-0.1, -0.05) is 0 Å². The fourth-order valence-electron chi connectivity index (χ4n) is 1.08. The lowest BCUT2D eigenvalue weighted by Gasteiger charge is -2.16. The van der Waals surface area contributed by atoms with Crippen molar-refractivity contribution in [2.45, 2.75) is 12.8 Å². The van der Waals surface area contributed by atoms with Gasteiger partial charge in [0.15, 0.2) is 0 Å². The molecule has 5 nitrogen and oxygen atoms in total. The average Bonchev–Trinajstić information content (AvgIpc) is 2.13. The van der Waals surface area contributed by atoms with E-state index in [4.69, 9.17) is 0 Å². The molecule has 0 aromatic rings. The molecule has 0 saturated carbocycles. The van der Waals surface area contributed by atoms with Gasteiger partial charge in [0.25, 0.3) is 0 Å². The predicted molar refractivity (Wildman–Crippen MR) is 60.5 cm³/mol. The Bertz CT molecular complexity index is 288. The molecule has 0 rings (SSSR count). The van der Waals surface area contributed by atoms with Crippen LogP contribution in [-0.4, -0.2) is 58.4 Å². The van der Waals surface area contributed by atoms with E-state index in [-0.39, 0.29) is 18.1 Å². The molecule has 0 aliphatic carbocycles. The summed E-state index contributed by atoms with van der Waals surface area (Å²) in [4.78, 5) is 13.0. The molecule has 15 heavy (non-hydrogen) atoms. The standard InChI is InChI=1S/C9H20N2O3S/c1-10-6-4-7-11(2)9(12)5-8-15(3,13)14/h10H,4-8H2,1-3H3. The van der Waals surface area contributed by atoms with Crippen LogP contribution in [0.25, 0.3) is 0 Å². The number of nitrogens with one attached hydrogen (secondary N) is 1. The molecule has 0 radical (unpaired) electrons. The van der Waals surface area contributed by atoms with Gasteiger partial charge in [-0.15, -0.1) is 0 Å². The molecule has 0 aromatic carbocycles. The summed E-state index contributed by atoms with van der Waals surface area (Å²) in [5.74, 6) is -0.182. The van der Waals surface area contributed by atoms with Gasteiger partial charge in [0.2, 0.25) is 5.91 Å². The lowest BCUT2D eigenvalue weighted by molar-refractivity contribution is -0.129. The van der Waals surface area contributed by atoms with Gasteiger partial charge in [-0.25, -0.2) is 8.42 Å². The Morgan fingerprint density at radius 2 is 2.00 bits per heavy atom. The lowest BCUT2D eigenvalue weighted by atomic mass is 10.3. The first kappa shape index (κ1) is 14.4. The summed E-state index contributed by atoms with van der Waals surface area (Å²) >= 11 is 0. The van der Waals surface area contributed by atoms with Crippen molar-refractivity contribution < 1.29 is 13.2 Å². The zero-order chi connectivity index (χ0) is 11.9. The molecule has 0 heterocycles. The first-order valence-corrected chi connectivity index (χ1v) is 6.99. The van der Waals surface area contributed by atoms with Crippen LogP contribution in [0.2, 0.25) is 0 Å². The van der Waals surface area contributed by atoms with Crippen LogP contribution in [0, 0.1) is 0 Å². The first-order valence-electron chi connectivity index (χ1n) is 4.93. The van der Waals surface area contributed by atoms with Gasteiger partial charge in [-0.2, -0.15) is 0 Å². The highest BCUT2D eigenvalue weighted by molar-refractivity contribution is 7.90. The molecule has 6 heteroatoms. The van der Waals surface area contributed by atoms with Gasteiger partial charge in [0.05, 0.1) is 5.75 Å². The van der Waals surface area contributed by atoms with Crippen LogP contribution in [0.1, 0.15) is 12.8 Å². The van der Waals surface area contributed by atoms with Crippen molar-refractivity contribution in [1.29, 1.82) is 0 Å². The molecule has 0 unspecified atom stereocenters. The zero-order valence-corrected chi connectivity index (χ0v) is 10.4. The van der Waals surface area contributed by atoms with E-state index in [2.05, 4.69) is 5.32 Å². The Balaban J connectivity index is 3.79. The topological polar surface area (TPSA) is 66.5 Å². The highest BCUT2D eigenvalue weighted by Crippen LogP contribution is 1.96.